The van der Waals surface area contributed by atoms with Crippen LogP contribution in [0, 0.1) is 35.4 Å². The van der Waals surface area contributed by atoms with Gasteiger partial charge in [0.1, 0.15) is 0 Å². The normalized spacial score (nSPS) is 10.1. The first-order chi connectivity index (χ1) is 20.9. The number of pyridine rings is 2. The maximum absolute atomic E-state index is 13.2. The van der Waals surface area contributed by atoms with Crippen LogP contribution in [0.5, 0.6) is 0 Å². The van der Waals surface area contributed by atoms with Gasteiger partial charge in [-0.05, 0) is 41.2 Å². The molecule has 0 aliphatic heterocycles. The minimum Gasteiger partial charge on any atom is -0.663 e. The van der Waals surface area contributed by atoms with Crippen molar-refractivity contribution in [2.75, 3.05) is 0 Å². The standard InChI is InChI=1S/C13H11N2.2C11H6F2N.Ir/c1-2-11-5-7-12(8-6-11)15-10-13-4-3-9-14-13;2*12-8-4-5-9(10(13)7-8)11-3-1-2-6-14-11;/h2-10H,1H2;2*1-4,6-7H;/q3*-1;+3. The van der Waals surface area contributed by atoms with Gasteiger partial charge in [-0.3, -0.25) is 22.6 Å². The molecular weight excluding hydrogens is 745 g/mol. The fourth-order valence-electron chi connectivity index (χ4n) is 3.53. The van der Waals surface area contributed by atoms with E-state index in [9.17, 15) is 17.6 Å². The van der Waals surface area contributed by atoms with Crippen molar-refractivity contribution >= 4 is 18.0 Å². The molecule has 0 N–H and O–H groups in total. The number of nitrogens with zero attached hydrogens (tertiary/aromatic N) is 4. The van der Waals surface area contributed by atoms with Crippen LogP contribution in [-0.4, -0.2) is 16.2 Å². The van der Waals surface area contributed by atoms with E-state index in [1.165, 1.54) is 0 Å². The molecule has 6 rings (SSSR count). The van der Waals surface area contributed by atoms with Gasteiger partial charge in [0.15, 0.2) is 0 Å². The summed E-state index contributed by atoms with van der Waals surface area (Å²) in [6.07, 6.45) is 8.41. The molecule has 0 fully saturated rings. The van der Waals surface area contributed by atoms with E-state index in [1.54, 1.807) is 61.2 Å². The average Bonchev–Trinajstić information content (AvgIpc) is 3.56. The molecule has 9 heteroatoms. The zero-order chi connectivity index (χ0) is 30.4. The summed E-state index contributed by atoms with van der Waals surface area (Å²) in [7, 11) is 0. The minimum atomic E-state index is -0.649. The second kappa shape index (κ2) is 17.2. The van der Waals surface area contributed by atoms with Gasteiger partial charge >= 0.3 is 20.1 Å². The number of aliphatic imine (C=N–C) groups is 1. The Balaban J connectivity index is 0.000000178. The summed E-state index contributed by atoms with van der Waals surface area (Å²) >= 11 is 0. The van der Waals surface area contributed by atoms with Crippen molar-refractivity contribution < 1.29 is 37.7 Å². The van der Waals surface area contributed by atoms with Crippen molar-refractivity contribution in [3.8, 4) is 22.5 Å². The molecule has 4 nitrogen and oxygen atoms in total. The Kier molecular flexibility index (Phi) is 13.1. The summed E-state index contributed by atoms with van der Waals surface area (Å²) in [5, 5.41) is 0. The SMILES string of the molecule is C=Cc1ccc(N=Cc2ccc[n-]2)cc1.Fc1c[c-]c(-c2ccccn2)c(F)c1.Fc1c[c-]c(-c2ccccn2)c(F)c1.[Ir+3]. The van der Waals surface area contributed by atoms with Crippen LogP contribution in [0.2, 0.25) is 0 Å². The number of rotatable bonds is 5. The molecule has 3 heterocycles. The van der Waals surface area contributed by atoms with Gasteiger partial charge in [0.05, 0.1) is 5.69 Å². The monoisotopic (exact) mass is 768 g/mol. The molecule has 0 amide bonds. The molecule has 0 atom stereocenters. The largest absolute Gasteiger partial charge is 3.00 e. The zero-order valence-corrected chi connectivity index (χ0v) is 25.4. The number of benzene rings is 3. The topological polar surface area (TPSA) is 52.2 Å². The molecule has 0 aliphatic carbocycles. The third-order valence-electron chi connectivity index (χ3n) is 5.61. The first-order valence-electron chi connectivity index (χ1n) is 12.8. The van der Waals surface area contributed by atoms with Crippen LogP contribution in [-0.2, 0) is 20.1 Å². The predicted molar refractivity (Wildman–Crippen MR) is 160 cm³/mol. The number of aromatic nitrogens is 3. The van der Waals surface area contributed by atoms with Gasteiger partial charge in [-0.15, -0.1) is 30.0 Å². The minimum absolute atomic E-state index is 0. The summed E-state index contributed by atoms with van der Waals surface area (Å²) in [6, 6.07) is 30.7. The molecule has 6 aromatic rings. The molecular formula is C35H23F4IrN4. The third-order valence-corrected chi connectivity index (χ3v) is 5.61. The van der Waals surface area contributed by atoms with E-state index in [2.05, 4.69) is 38.7 Å². The van der Waals surface area contributed by atoms with E-state index in [-0.39, 0.29) is 31.2 Å². The molecule has 0 saturated carbocycles. The summed E-state index contributed by atoms with van der Waals surface area (Å²) in [4.78, 5) is 16.3. The quantitative estimate of drug-likeness (QED) is 0.100. The van der Waals surface area contributed by atoms with Gasteiger partial charge in [0.2, 0.25) is 0 Å². The van der Waals surface area contributed by atoms with Gasteiger partial charge in [-0.1, -0.05) is 84.4 Å². The Morgan fingerprint density at radius 1 is 0.705 bits per heavy atom. The zero-order valence-electron chi connectivity index (χ0n) is 23.0. The predicted octanol–water partition coefficient (Wildman–Crippen LogP) is 8.69. The van der Waals surface area contributed by atoms with Crippen LogP contribution in [0.4, 0.5) is 23.2 Å². The van der Waals surface area contributed by atoms with E-state index in [0.29, 0.717) is 11.4 Å². The second-order valence-corrected chi connectivity index (χ2v) is 8.63. The Labute approximate surface area is 266 Å². The third kappa shape index (κ3) is 10.1. The maximum Gasteiger partial charge on any atom is 3.00 e. The van der Waals surface area contributed by atoms with Crippen LogP contribution in [0.1, 0.15) is 11.3 Å². The van der Waals surface area contributed by atoms with Crippen molar-refractivity contribution in [3.05, 3.63) is 169 Å². The Morgan fingerprint density at radius 3 is 1.66 bits per heavy atom. The fraction of sp³-hybridized carbons (Fsp3) is 0. The van der Waals surface area contributed by atoms with Gasteiger partial charge in [-0.2, -0.15) is 6.20 Å². The van der Waals surface area contributed by atoms with Crippen molar-refractivity contribution in [3.63, 3.8) is 0 Å². The summed E-state index contributed by atoms with van der Waals surface area (Å²) in [5.74, 6) is -2.57. The van der Waals surface area contributed by atoms with Crippen LogP contribution >= 0.6 is 0 Å². The molecule has 44 heavy (non-hydrogen) atoms. The first kappa shape index (κ1) is 33.5. The fourth-order valence-corrected chi connectivity index (χ4v) is 3.53. The van der Waals surface area contributed by atoms with Gasteiger partial charge in [-0.25, -0.2) is 0 Å². The van der Waals surface area contributed by atoms with E-state index in [4.69, 9.17) is 0 Å². The molecule has 3 aromatic carbocycles. The summed E-state index contributed by atoms with van der Waals surface area (Å²) < 4.78 is 51.6. The van der Waals surface area contributed by atoms with Crippen LogP contribution < -0.4 is 4.98 Å². The van der Waals surface area contributed by atoms with Crippen molar-refractivity contribution in [1.29, 1.82) is 0 Å². The molecule has 0 spiro atoms. The van der Waals surface area contributed by atoms with Crippen molar-refractivity contribution in [1.82, 2.24) is 15.0 Å². The Hall–Kier alpha value is -4.98. The molecule has 3 aromatic heterocycles. The van der Waals surface area contributed by atoms with Gasteiger partial charge < -0.3 is 15.0 Å². The van der Waals surface area contributed by atoms with E-state index < -0.39 is 23.3 Å². The second-order valence-electron chi connectivity index (χ2n) is 8.63. The van der Waals surface area contributed by atoms with Gasteiger partial charge in [0.25, 0.3) is 0 Å². The van der Waals surface area contributed by atoms with Crippen molar-refractivity contribution in [2.45, 2.75) is 0 Å². The van der Waals surface area contributed by atoms with E-state index in [1.807, 2.05) is 42.5 Å². The Bertz CT molecular complexity index is 1670. The molecule has 0 unspecified atom stereocenters. The molecule has 0 aliphatic rings. The number of hydrogen-bond acceptors (Lipinski definition) is 3. The molecule has 0 bridgehead atoms. The van der Waals surface area contributed by atoms with E-state index in [0.717, 1.165) is 41.2 Å². The summed E-state index contributed by atoms with van der Waals surface area (Å²) in [5.41, 5.74) is 4.17. The molecule has 0 radical (unpaired) electrons. The maximum atomic E-state index is 13.2. The van der Waals surface area contributed by atoms with Crippen LogP contribution in [0.3, 0.4) is 0 Å². The van der Waals surface area contributed by atoms with Crippen molar-refractivity contribution in [2.24, 2.45) is 4.99 Å². The number of halogens is 4. The van der Waals surface area contributed by atoms with Gasteiger partial charge in [0, 0.05) is 41.9 Å². The summed E-state index contributed by atoms with van der Waals surface area (Å²) in [6.45, 7) is 3.70. The van der Waals surface area contributed by atoms with Crippen LogP contribution in [0.15, 0.2) is 127 Å². The average molecular weight is 768 g/mol. The molecule has 0 saturated heterocycles. The smallest absolute Gasteiger partial charge is 0.663 e. The van der Waals surface area contributed by atoms with Crippen LogP contribution in [0.25, 0.3) is 28.6 Å². The first-order valence-corrected chi connectivity index (χ1v) is 12.8. The number of hydrogen-bond donors (Lipinski definition) is 0. The van der Waals surface area contributed by atoms with E-state index >= 15 is 0 Å². The Morgan fingerprint density at radius 2 is 1.25 bits per heavy atom. The molecule has 220 valence electrons.